The van der Waals surface area contributed by atoms with Gasteiger partial charge in [0.25, 0.3) is 0 Å². The molecule has 0 aliphatic heterocycles. The highest BCUT2D eigenvalue weighted by atomic mass is 19.4. The first-order valence-electron chi connectivity index (χ1n) is 4.32. The minimum absolute atomic E-state index is 0.00734. The molecular weight excluding hydrogens is 223 g/mol. The molecule has 0 saturated heterocycles. The van der Waals surface area contributed by atoms with Crippen molar-refractivity contribution in [3.8, 4) is 0 Å². The van der Waals surface area contributed by atoms with Crippen LogP contribution in [0.2, 0.25) is 0 Å². The summed E-state index contributed by atoms with van der Waals surface area (Å²) in [5, 5.41) is 1.70. The lowest BCUT2D eigenvalue weighted by atomic mass is 10.4. The Morgan fingerprint density at radius 1 is 1.38 bits per heavy atom. The molecule has 1 aromatic heterocycles. The highest BCUT2D eigenvalue weighted by molar-refractivity contribution is 5.94. The van der Waals surface area contributed by atoms with Crippen LogP contribution in [-0.4, -0.2) is 31.2 Å². The van der Waals surface area contributed by atoms with Crippen LogP contribution >= 0.6 is 0 Å². The monoisotopic (exact) mass is 233 g/mol. The van der Waals surface area contributed by atoms with Crippen LogP contribution in [0.15, 0.2) is 18.3 Å². The molecule has 1 N–H and O–H groups in total. The van der Waals surface area contributed by atoms with Crippen molar-refractivity contribution < 1.29 is 18.0 Å². The van der Waals surface area contributed by atoms with E-state index in [1.165, 1.54) is 18.3 Å². The molecule has 1 rings (SSSR count). The lowest BCUT2D eigenvalue weighted by molar-refractivity contribution is -0.167. The largest absolute Gasteiger partial charge is 0.471 e. The van der Waals surface area contributed by atoms with Crippen LogP contribution in [0.4, 0.5) is 24.7 Å². The maximum Gasteiger partial charge on any atom is 0.471 e. The van der Waals surface area contributed by atoms with Crippen LogP contribution in [-0.2, 0) is 4.79 Å². The van der Waals surface area contributed by atoms with Gasteiger partial charge in [-0.05, 0) is 12.1 Å². The van der Waals surface area contributed by atoms with Crippen molar-refractivity contribution in [3.63, 3.8) is 0 Å². The van der Waals surface area contributed by atoms with Gasteiger partial charge in [-0.15, -0.1) is 0 Å². The summed E-state index contributed by atoms with van der Waals surface area (Å²) in [5.41, 5.74) is 0.00734. The molecule has 88 valence electrons. The van der Waals surface area contributed by atoms with Gasteiger partial charge in [0.15, 0.2) is 0 Å². The van der Waals surface area contributed by atoms with Gasteiger partial charge in [-0.1, -0.05) is 0 Å². The number of halogens is 3. The summed E-state index contributed by atoms with van der Waals surface area (Å²) in [5.74, 6) is -1.42. The number of alkyl halides is 3. The number of rotatable bonds is 2. The summed E-state index contributed by atoms with van der Waals surface area (Å²) in [7, 11) is 3.49. The van der Waals surface area contributed by atoms with Gasteiger partial charge in [0, 0.05) is 14.1 Å². The van der Waals surface area contributed by atoms with E-state index in [-0.39, 0.29) is 5.69 Å². The molecule has 0 saturated carbocycles. The molecule has 1 heterocycles. The lowest BCUT2D eigenvalue weighted by Gasteiger charge is -2.12. The Morgan fingerprint density at radius 2 is 2.00 bits per heavy atom. The minimum Gasteiger partial charge on any atom is -0.363 e. The number of carbonyl (C=O) groups is 1. The molecule has 0 aromatic carbocycles. The molecule has 16 heavy (non-hydrogen) atoms. The zero-order chi connectivity index (χ0) is 12.3. The average Bonchev–Trinajstić information content (AvgIpc) is 2.17. The van der Waals surface area contributed by atoms with Gasteiger partial charge in [-0.3, -0.25) is 4.79 Å². The number of amides is 1. The standard InChI is InChI=1S/C9H10F3N3O/c1-15(2)7-4-3-6(5-13-7)14-8(16)9(10,11)12/h3-5H,1-2H3,(H,14,16). The van der Waals surface area contributed by atoms with E-state index < -0.39 is 12.1 Å². The number of pyridine rings is 1. The van der Waals surface area contributed by atoms with Crippen molar-refractivity contribution in [2.24, 2.45) is 0 Å². The number of carbonyl (C=O) groups excluding carboxylic acids is 1. The van der Waals surface area contributed by atoms with E-state index in [1.807, 2.05) is 0 Å². The number of hydrogen-bond acceptors (Lipinski definition) is 3. The number of nitrogens with zero attached hydrogens (tertiary/aromatic N) is 2. The Balaban J connectivity index is 2.73. The summed E-state index contributed by atoms with van der Waals surface area (Å²) >= 11 is 0. The van der Waals surface area contributed by atoms with E-state index in [9.17, 15) is 18.0 Å². The van der Waals surface area contributed by atoms with Crippen molar-refractivity contribution in [2.45, 2.75) is 6.18 Å². The molecule has 4 nitrogen and oxygen atoms in total. The molecule has 0 atom stereocenters. The Labute approximate surface area is 90.1 Å². The molecule has 1 amide bonds. The maximum absolute atomic E-state index is 11.9. The van der Waals surface area contributed by atoms with Crippen LogP contribution in [0, 0.1) is 0 Å². The first-order chi connectivity index (χ1) is 7.30. The second-order valence-electron chi connectivity index (χ2n) is 3.25. The second kappa shape index (κ2) is 4.38. The van der Waals surface area contributed by atoms with E-state index in [4.69, 9.17) is 0 Å². The third-order valence-corrected chi connectivity index (χ3v) is 1.72. The van der Waals surface area contributed by atoms with Crippen molar-refractivity contribution in [2.75, 3.05) is 24.3 Å². The summed E-state index contributed by atoms with van der Waals surface area (Å²) in [6.07, 6.45) is -3.72. The van der Waals surface area contributed by atoms with Gasteiger partial charge >= 0.3 is 12.1 Å². The topological polar surface area (TPSA) is 45.2 Å². The van der Waals surface area contributed by atoms with Crippen molar-refractivity contribution in [1.29, 1.82) is 0 Å². The fourth-order valence-corrected chi connectivity index (χ4v) is 0.927. The number of nitrogens with one attached hydrogen (secondary N) is 1. The zero-order valence-electron chi connectivity index (χ0n) is 8.67. The Kier molecular flexibility index (Phi) is 3.36. The van der Waals surface area contributed by atoms with E-state index >= 15 is 0 Å². The third kappa shape index (κ3) is 3.11. The van der Waals surface area contributed by atoms with Gasteiger partial charge < -0.3 is 10.2 Å². The molecule has 0 radical (unpaired) electrons. The molecular formula is C9H10F3N3O. The van der Waals surface area contributed by atoms with Gasteiger partial charge in [-0.2, -0.15) is 13.2 Å². The molecule has 0 unspecified atom stereocenters. The summed E-state index contributed by atoms with van der Waals surface area (Å²) in [4.78, 5) is 16.1. The van der Waals surface area contributed by atoms with Gasteiger partial charge in [-0.25, -0.2) is 4.98 Å². The SMILES string of the molecule is CN(C)c1ccc(NC(=O)C(F)(F)F)cn1. The predicted octanol–water partition coefficient (Wildman–Crippen LogP) is 1.65. The summed E-state index contributed by atoms with van der Waals surface area (Å²) in [6.45, 7) is 0. The Bertz CT molecular complexity index is 373. The van der Waals surface area contributed by atoms with E-state index in [1.54, 1.807) is 24.3 Å². The van der Waals surface area contributed by atoms with Crippen LogP contribution < -0.4 is 10.2 Å². The molecule has 0 spiro atoms. The smallest absolute Gasteiger partial charge is 0.363 e. The van der Waals surface area contributed by atoms with Crippen molar-refractivity contribution >= 4 is 17.4 Å². The predicted molar refractivity (Wildman–Crippen MR) is 53.2 cm³/mol. The van der Waals surface area contributed by atoms with E-state index in [2.05, 4.69) is 4.98 Å². The van der Waals surface area contributed by atoms with E-state index in [0.717, 1.165) is 0 Å². The minimum atomic E-state index is -4.89. The second-order valence-corrected chi connectivity index (χ2v) is 3.25. The third-order valence-electron chi connectivity index (χ3n) is 1.72. The molecule has 0 bridgehead atoms. The summed E-state index contributed by atoms with van der Waals surface area (Å²) in [6, 6.07) is 2.86. The maximum atomic E-state index is 11.9. The van der Waals surface area contributed by atoms with Crippen molar-refractivity contribution in [1.82, 2.24) is 4.98 Å². The fourth-order valence-electron chi connectivity index (χ4n) is 0.927. The van der Waals surface area contributed by atoms with Crippen LogP contribution in [0.25, 0.3) is 0 Å². The number of hydrogen-bond donors (Lipinski definition) is 1. The highest BCUT2D eigenvalue weighted by Gasteiger charge is 2.38. The molecule has 0 aliphatic carbocycles. The number of aromatic nitrogens is 1. The molecule has 1 aromatic rings. The Hall–Kier alpha value is -1.79. The van der Waals surface area contributed by atoms with Gasteiger partial charge in [0.2, 0.25) is 0 Å². The summed E-state index contributed by atoms with van der Waals surface area (Å²) < 4.78 is 35.7. The molecule has 7 heteroatoms. The molecule has 0 aliphatic rings. The van der Waals surface area contributed by atoms with Gasteiger partial charge in [0.1, 0.15) is 5.82 Å². The first-order valence-corrected chi connectivity index (χ1v) is 4.32. The van der Waals surface area contributed by atoms with Crippen LogP contribution in [0.5, 0.6) is 0 Å². The first kappa shape index (κ1) is 12.3. The normalized spacial score (nSPS) is 11.1. The lowest BCUT2D eigenvalue weighted by Crippen LogP contribution is -2.29. The Morgan fingerprint density at radius 3 is 2.38 bits per heavy atom. The quantitative estimate of drug-likeness (QED) is 0.844. The zero-order valence-corrected chi connectivity index (χ0v) is 8.67. The highest BCUT2D eigenvalue weighted by Crippen LogP contribution is 2.18. The number of anilines is 2. The fraction of sp³-hybridized carbons (Fsp3) is 0.333. The van der Waals surface area contributed by atoms with Crippen molar-refractivity contribution in [3.05, 3.63) is 18.3 Å². The van der Waals surface area contributed by atoms with Crippen LogP contribution in [0.1, 0.15) is 0 Å². The average molecular weight is 233 g/mol. The van der Waals surface area contributed by atoms with Crippen LogP contribution in [0.3, 0.4) is 0 Å². The van der Waals surface area contributed by atoms with Gasteiger partial charge in [0.05, 0.1) is 11.9 Å². The van der Waals surface area contributed by atoms with E-state index in [0.29, 0.717) is 5.82 Å². The molecule has 0 fully saturated rings.